The zero-order chi connectivity index (χ0) is 14.7. The van der Waals surface area contributed by atoms with Crippen LogP contribution in [-0.4, -0.2) is 7.11 Å². The van der Waals surface area contributed by atoms with Crippen molar-refractivity contribution in [3.8, 4) is 5.75 Å². The van der Waals surface area contributed by atoms with Crippen LogP contribution in [0, 0.1) is 0 Å². The first-order valence-electron chi connectivity index (χ1n) is 5.78. The Kier molecular flexibility index (Phi) is 5.72. The number of rotatable bonds is 5. The molecule has 108 valence electrons. The van der Waals surface area contributed by atoms with E-state index in [0.717, 1.165) is 21.3 Å². The summed E-state index contributed by atoms with van der Waals surface area (Å²) in [7, 11) is 1.64. The van der Waals surface area contributed by atoms with E-state index < -0.39 is 0 Å². The summed E-state index contributed by atoms with van der Waals surface area (Å²) < 4.78 is 7.54. The van der Waals surface area contributed by atoms with Crippen LogP contribution in [0.25, 0.3) is 0 Å². The minimum atomic E-state index is -0.116. The van der Waals surface area contributed by atoms with Gasteiger partial charge >= 0.3 is 0 Å². The highest BCUT2D eigenvalue weighted by molar-refractivity contribution is 9.10. The molecule has 0 saturated carbocycles. The summed E-state index contributed by atoms with van der Waals surface area (Å²) in [5, 5.41) is 0. The van der Waals surface area contributed by atoms with E-state index in [2.05, 4.69) is 21.4 Å². The standard InChI is InChI=1S/C13H13BrCl2N2OS/c1-19-8-2-3-10(14)7(4-8)5-11(18-17)9-6-12(15)20-13(9)16/h2-4,6,11,18H,5,17H2,1H3. The number of thiophene rings is 1. The van der Waals surface area contributed by atoms with Gasteiger partial charge in [-0.1, -0.05) is 39.1 Å². The Morgan fingerprint density at radius 2 is 2.15 bits per heavy atom. The van der Waals surface area contributed by atoms with Crippen molar-refractivity contribution < 1.29 is 4.74 Å². The van der Waals surface area contributed by atoms with Crippen LogP contribution >= 0.6 is 50.5 Å². The number of hydrazine groups is 1. The molecule has 1 atom stereocenters. The average molecular weight is 396 g/mol. The zero-order valence-electron chi connectivity index (χ0n) is 10.6. The van der Waals surface area contributed by atoms with Crippen molar-refractivity contribution in [2.24, 2.45) is 5.84 Å². The molecule has 0 radical (unpaired) electrons. The molecular weight excluding hydrogens is 383 g/mol. The fourth-order valence-corrected chi connectivity index (χ4v) is 3.89. The molecule has 0 saturated heterocycles. The van der Waals surface area contributed by atoms with Gasteiger partial charge in [0.1, 0.15) is 5.75 Å². The number of hydrogen-bond acceptors (Lipinski definition) is 4. The molecule has 0 fully saturated rings. The molecular formula is C13H13BrCl2N2OS. The van der Waals surface area contributed by atoms with Crippen LogP contribution in [0.5, 0.6) is 5.75 Å². The molecule has 1 unspecified atom stereocenters. The van der Waals surface area contributed by atoms with Crippen molar-refractivity contribution in [1.29, 1.82) is 0 Å². The molecule has 2 aromatic rings. The molecule has 20 heavy (non-hydrogen) atoms. The Balaban J connectivity index is 2.28. The average Bonchev–Trinajstić information content (AvgIpc) is 2.76. The number of nitrogens with two attached hydrogens (primary N) is 1. The van der Waals surface area contributed by atoms with Gasteiger partial charge in [0.2, 0.25) is 0 Å². The van der Waals surface area contributed by atoms with Gasteiger partial charge < -0.3 is 4.74 Å². The molecule has 0 aliphatic carbocycles. The summed E-state index contributed by atoms with van der Waals surface area (Å²) in [6.45, 7) is 0. The predicted octanol–water partition coefficient (Wildman–Crippen LogP) is 4.57. The van der Waals surface area contributed by atoms with Gasteiger partial charge in [-0.2, -0.15) is 0 Å². The Morgan fingerprint density at radius 3 is 2.70 bits per heavy atom. The first kappa shape index (κ1) is 16.1. The van der Waals surface area contributed by atoms with Gasteiger partial charge in [0.15, 0.2) is 0 Å². The second-order valence-electron chi connectivity index (χ2n) is 4.16. The highest BCUT2D eigenvalue weighted by Crippen LogP contribution is 2.37. The summed E-state index contributed by atoms with van der Waals surface area (Å²) in [5.74, 6) is 6.46. The lowest BCUT2D eigenvalue weighted by atomic mass is 10.0. The van der Waals surface area contributed by atoms with Crippen LogP contribution in [0.2, 0.25) is 8.67 Å². The third kappa shape index (κ3) is 3.67. The predicted molar refractivity (Wildman–Crippen MR) is 88.8 cm³/mol. The Bertz CT molecular complexity index is 606. The fraction of sp³-hybridized carbons (Fsp3) is 0.231. The first-order valence-corrected chi connectivity index (χ1v) is 8.15. The molecule has 0 amide bonds. The highest BCUT2D eigenvalue weighted by atomic mass is 79.9. The number of methoxy groups -OCH3 is 1. The number of hydrogen-bond donors (Lipinski definition) is 2. The Morgan fingerprint density at radius 1 is 1.40 bits per heavy atom. The maximum absolute atomic E-state index is 6.19. The van der Waals surface area contributed by atoms with Gasteiger partial charge in [-0.25, -0.2) is 0 Å². The molecule has 3 N–H and O–H groups in total. The monoisotopic (exact) mass is 394 g/mol. The normalized spacial score (nSPS) is 12.4. The molecule has 0 bridgehead atoms. The van der Waals surface area contributed by atoms with Gasteiger partial charge in [0, 0.05) is 10.0 Å². The summed E-state index contributed by atoms with van der Waals surface area (Å²) in [4.78, 5) is 0. The quantitative estimate of drug-likeness (QED) is 0.575. The van der Waals surface area contributed by atoms with Crippen molar-refractivity contribution in [3.05, 3.63) is 48.5 Å². The van der Waals surface area contributed by atoms with E-state index in [1.807, 2.05) is 24.3 Å². The number of ether oxygens (including phenoxy) is 1. The van der Waals surface area contributed by atoms with Gasteiger partial charge in [-0.3, -0.25) is 11.3 Å². The number of halogens is 3. The molecule has 0 aliphatic rings. The molecule has 1 aromatic heterocycles. The molecule has 0 spiro atoms. The van der Waals surface area contributed by atoms with Crippen molar-refractivity contribution >= 4 is 50.5 Å². The lowest BCUT2D eigenvalue weighted by Crippen LogP contribution is -2.29. The van der Waals surface area contributed by atoms with Gasteiger partial charge in [0.25, 0.3) is 0 Å². The van der Waals surface area contributed by atoms with Crippen LogP contribution in [0.3, 0.4) is 0 Å². The van der Waals surface area contributed by atoms with Crippen molar-refractivity contribution in [1.82, 2.24) is 5.43 Å². The third-order valence-electron chi connectivity index (χ3n) is 2.94. The van der Waals surface area contributed by atoms with E-state index in [1.165, 1.54) is 11.3 Å². The van der Waals surface area contributed by atoms with Crippen molar-refractivity contribution in [3.63, 3.8) is 0 Å². The second-order valence-corrected chi connectivity index (χ2v) is 7.30. The SMILES string of the molecule is COc1ccc(Br)c(CC(NN)c2cc(Cl)sc2Cl)c1. The molecule has 1 heterocycles. The van der Waals surface area contributed by atoms with E-state index >= 15 is 0 Å². The Hall–Kier alpha value is -0.300. The van der Waals surface area contributed by atoms with E-state index in [0.29, 0.717) is 15.1 Å². The maximum Gasteiger partial charge on any atom is 0.119 e. The molecule has 2 rings (SSSR count). The summed E-state index contributed by atoms with van der Waals surface area (Å²) in [6, 6.07) is 7.54. The van der Waals surface area contributed by atoms with Crippen LogP contribution in [0.1, 0.15) is 17.2 Å². The summed E-state index contributed by atoms with van der Waals surface area (Å²) in [5.41, 5.74) is 4.76. The maximum atomic E-state index is 6.19. The van der Waals surface area contributed by atoms with Crippen molar-refractivity contribution in [2.45, 2.75) is 12.5 Å². The minimum Gasteiger partial charge on any atom is -0.497 e. The van der Waals surface area contributed by atoms with Crippen molar-refractivity contribution in [2.75, 3.05) is 7.11 Å². The minimum absolute atomic E-state index is 0.116. The topological polar surface area (TPSA) is 47.3 Å². The first-order chi connectivity index (χ1) is 9.55. The molecule has 1 aromatic carbocycles. The van der Waals surface area contributed by atoms with Crippen LogP contribution in [0.15, 0.2) is 28.7 Å². The zero-order valence-corrected chi connectivity index (χ0v) is 14.5. The van der Waals surface area contributed by atoms with Gasteiger partial charge in [-0.15, -0.1) is 11.3 Å². The number of benzene rings is 1. The van der Waals surface area contributed by atoms with Crippen LogP contribution in [-0.2, 0) is 6.42 Å². The molecule has 0 aliphatic heterocycles. The van der Waals surface area contributed by atoms with E-state index in [9.17, 15) is 0 Å². The summed E-state index contributed by atoms with van der Waals surface area (Å²) >= 11 is 17.0. The lowest BCUT2D eigenvalue weighted by molar-refractivity contribution is 0.413. The van der Waals surface area contributed by atoms with Crippen LogP contribution < -0.4 is 16.0 Å². The second kappa shape index (κ2) is 7.11. The molecule has 3 nitrogen and oxygen atoms in total. The fourth-order valence-electron chi connectivity index (χ4n) is 1.90. The lowest BCUT2D eigenvalue weighted by Gasteiger charge is -2.17. The summed E-state index contributed by atoms with van der Waals surface area (Å²) in [6.07, 6.45) is 0.668. The molecule has 7 heteroatoms. The number of nitrogens with one attached hydrogen (secondary N) is 1. The van der Waals surface area contributed by atoms with E-state index in [4.69, 9.17) is 33.8 Å². The van der Waals surface area contributed by atoms with Gasteiger partial charge in [-0.05, 0) is 36.2 Å². The van der Waals surface area contributed by atoms with E-state index in [1.54, 1.807) is 7.11 Å². The van der Waals surface area contributed by atoms with Crippen LogP contribution in [0.4, 0.5) is 0 Å². The Labute approximate surface area is 140 Å². The third-order valence-corrected chi connectivity index (χ3v) is 5.23. The largest absolute Gasteiger partial charge is 0.497 e. The highest BCUT2D eigenvalue weighted by Gasteiger charge is 2.18. The smallest absolute Gasteiger partial charge is 0.119 e. The van der Waals surface area contributed by atoms with Gasteiger partial charge in [0.05, 0.1) is 21.8 Å². The van der Waals surface area contributed by atoms with E-state index in [-0.39, 0.29) is 6.04 Å².